The van der Waals surface area contributed by atoms with Gasteiger partial charge in [-0.2, -0.15) is 0 Å². The fourth-order valence-corrected chi connectivity index (χ4v) is 3.70. The first-order valence-electron chi connectivity index (χ1n) is 10.1. The number of hydrogen-bond acceptors (Lipinski definition) is 4. The molecule has 0 fully saturated rings. The summed E-state index contributed by atoms with van der Waals surface area (Å²) >= 11 is 1.39. The summed E-state index contributed by atoms with van der Waals surface area (Å²) in [5.41, 5.74) is 1.86. The van der Waals surface area contributed by atoms with Crippen molar-refractivity contribution < 1.29 is 9.59 Å². The van der Waals surface area contributed by atoms with Crippen molar-refractivity contribution in [3.05, 3.63) is 35.7 Å². The number of nitrogens with zero attached hydrogens (tertiary/aromatic N) is 2. The van der Waals surface area contributed by atoms with Crippen molar-refractivity contribution in [2.24, 2.45) is 5.92 Å². The third-order valence-electron chi connectivity index (χ3n) is 4.34. The van der Waals surface area contributed by atoms with Crippen LogP contribution in [0.3, 0.4) is 0 Å². The molecule has 0 spiro atoms. The molecule has 2 aromatic rings. The molecule has 0 aliphatic heterocycles. The number of hydrogen-bond donors (Lipinski definition) is 1. The van der Waals surface area contributed by atoms with E-state index in [4.69, 9.17) is 0 Å². The van der Waals surface area contributed by atoms with Crippen molar-refractivity contribution >= 4 is 28.3 Å². The van der Waals surface area contributed by atoms with Crippen LogP contribution in [-0.2, 0) is 9.59 Å². The molecule has 2 rings (SSSR count). The van der Waals surface area contributed by atoms with Crippen molar-refractivity contribution in [3.63, 3.8) is 0 Å². The van der Waals surface area contributed by atoms with Gasteiger partial charge in [0.2, 0.25) is 11.8 Å². The lowest BCUT2D eigenvalue weighted by Gasteiger charge is -2.24. The highest BCUT2D eigenvalue weighted by Crippen LogP contribution is 2.24. The van der Waals surface area contributed by atoms with Gasteiger partial charge in [-0.05, 0) is 12.3 Å². The lowest BCUT2D eigenvalue weighted by Crippen LogP contribution is -2.40. The average molecular weight is 402 g/mol. The van der Waals surface area contributed by atoms with Crippen LogP contribution in [0, 0.1) is 5.92 Å². The first-order valence-corrected chi connectivity index (χ1v) is 11.0. The summed E-state index contributed by atoms with van der Waals surface area (Å²) in [5, 5.41) is 5.33. The standard InChI is InChI=1S/C22H31N3O2S/c1-4-5-6-10-13-21(27)25(14-17(2)3)15-20(26)24-22-23-19(16-28-22)18-11-8-7-9-12-18/h7-9,11-12,16-17H,4-6,10,13-15H2,1-3H3,(H,23,24,26). The molecule has 1 aromatic heterocycles. The maximum Gasteiger partial charge on any atom is 0.245 e. The lowest BCUT2D eigenvalue weighted by atomic mass is 10.1. The quantitative estimate of drug-likeness (QED) is 0.526. The lowest BCUT2D eigenvalue weighted by molar-refractivity contribution is -0.135. The molecule has 0 saturated carbocycles. The van der Waals surface area contributed by atoms with E-state index in [9.17, 15) is 9.59 Å². The second kappa shape index (κ2) is 11.6. The van der Waals surface area contributed by atoms with Gasteiger partial charge in [0, 0.05) is 23.9 Å². The summed E-state index contributed by atoms with van der Waals surface area (Å²) in [4.78, 5) is 31.2. The summed E-state index contributed by atoms with van der Waals surface area (Å²) in [6.45, 7) is 6.93. The fourth-order valence-electron chi connectivity index (χ4n) is 2.96. The van der Waals surface area contributed by atoms with Gasteiger partial charge < -0.3 is 10.2 Å². The zero-order valence-corrected chi connectivity index (χ0v) is 17.9. The monoisotopic (exact) mass is 401 g/mol. The minimum absolute atomic E-state index is 0.0593. The fraction of sp³-hybridized carbons (Fsp3) is 0.500. The number of anilines is 1. The Bertz CT molecular complexity index is 743. The van der Waals surface area contributed by atoms with E-state index in [1.165, 1.54) is 11.3 Å². The van der Waals surface area contributed by atoms with Crippen LogP contribution >= 0.6 is 11.3 Å². The molecule has 0 unspecified atom stereocenters. The molecule has 152 valence electrons. The molecule has 1 N–H and O–H groups in total. The number of unbranched alkanes of at least 4 members (excludes halogenated alkanes) is 3. The molecule has 0 bridgehead atoms. The molecule has 6 heteroatoms. The Hall–Kier alpha value is -2.21. The van der Waals surface area contributed by atoms with Gasteiger partial charge in [-0.15, -0.1) is 11.3 Å². The third kappa shape index (κ3) is 7.43. The first kappa shape index (κ1) is 22.1. The molecule has 5 nitrogen and oxygen atoms in total. The second-order valence-corrected chi connectivity index (χ2v) is 8.29. The van der Waals surface area contributed by atoms with E-state index in [0.29, 0.717) is 24.0 Å². The summed E-state index contributed by atoms with van der Waals surface area (Å²) in [6.07, 6.45) is 4.74. The van der Waals surface area contributed by atoms with Gasteiger partial charge in [0.1, 0.15) is 0 Å². The molecule has 0 aliphatic carbocycles. The van der Waals surface area contributed by atoms with E-state index < -0.39 is 0 Å². The zero-order chi connectivity index (χ0) is 20.4. The second-order valence-electron chi connectivity index (χ2n) is 7.43. The van der Waals surface area contributed by atoms with Gasteiger partial charge in [-0.25, -0.2) is 4.98 Å². The van der Waals surface area contributed by atoms with Crippen LogP contribution in [0.15, 0.2) is 35.7 Å². The van der Waals surface area contributed by atoms with Crippen molar-refractivity contribution in [1.82, 2.24) is 9.88 Å². The number of amides is 2. The highest BCUT2D eigenvalue weighted by atomic mass is 32.1. The van der Waals surface area contributed by atoms with Gasteiger partial charge in [0.25, 0.3) is 0 Å². The van der Waals surface area contributed by atoms with Crippen LogP contribution in [-0.4, -0.2) is 34.8 Å². The van der Waals surface area contributed by atoms with Crippen LogP contribution in [0.2, 0.25) is 0 Å². The molecule has 0 saturated heterocycles. The van der Waals surface area contributed by atoms with E-state index >= 15 is 0 Å². The van der Waals surface area contributed by atoms with E-state index in [0.717, 1.165) is 36.9 Å². The number of aromatic nitrogens is 1. The summed E-state index contributed by atoms with van der Waals surface area (Å²) in [7, 11) is 0. The Balaban J connectivity index is 1.92. The number of benzene rings is 1. The Labute approximate surface area is 172 Å². The smallest absolute Gasteiger partial charge is 0.245 e. The van der Waals surface area contributed by atoms with E-state index in [1.807, 2.05) is 35.7 Å². The Morgan fingerprint density at radius 1 is 1.14 bits per heavy atom. The van der Waals surface area contributed by atoms with E-state index in [-0.39, 0.29) is 18.4 Å². The summed E-state index contributed by atoms with van der Waals surface area (Å²) < 4.78 is 0. The molecular weight excluding hydrogens is 370 g/mol. The summed E-state index contributed by atoms with van der Waals surface area (Å²) in [6, 6.07) is 9.86. The summed E-state index contributed by atoms with van der Waals surface area (Å²) in [5.74, 6) is 0.178. The Morgan fingerprint density at radius 3 is 2.57 bits per heavy atom. The number of nitrogens with one attached hydrogen (secondary N) is 1. The first-order chi connectivity index (χ1) is 13.5. The maximum atomic E-state index is 12.6. The predicted molar refractivity (Wildman–Crippen MR) is 116 cm³/mol. The van der Waals surface area contributed by atoms with Crippen molar-refractivity contribution in [1.29, 1.82) is 0 Å². The largest absolute Gasteiger partial charge is 0.333 e. The van der Waals surface area contributed by atoms with Crippen LogP contribution in [0.4, 0.5) is 5.13 Å². The van der Waals surface area contributed by atoms with Gasteiger partial charge in [0.05, 0.1) is 12.2 Å². The van der Waals surface area contributed by atoms with Crippen LogP contribution < -0.4 is 5.32 Å². The van der Waals surface area contributed by atoms with Crippen LogP contribution in [0.25, 0.3) is 11.3 Å². The van der Waals surface area contributed by atoms with Crippen molar-refractivity contribution in [3.8, 4) is 11.3 Å². The number of rotatable bonds is 11. The van der Waals surface area contributed by atoms with Crippen molar-refractivity contribution in [2.75, 3.05) is 18.4 Å². The Morgan fingerprint density at radius 2 is 1.89 bits per heavy atom. The van der Waals surface area contributed by atoms with Crippen molar-refractivity contribution in [2.45, 2.75) is 52.9 Å². The Kier molecular flexibility index (Phi) is 9.14. The van der Waals surface area contributed by atoms with E-state index in [1.54, 1.807) is 4.90 Å². The average Bonchev–Trinajstić information content (AvgIpc) is 3.13. The molecule has 0 radical (unpaired) electrons. The number of carbonyl (C=O) groups is 2. The SMILES string of the molecule is CCCCCCC(=O)N(CC(=O)Nc1nc(-c2ccccc2)cs1)CC(C)C. The molecule has 1 aromatic carbocycles. The van der Waals surface area contributed by atoms with Crippen LogP contribution in [0.5, 0.6) is 0 Å². The predicted octanol–water partition coefficient (Wildman–Crippen LogP) is 5.20. The topological polar surface area (TPSA) is 62.3 Å². The minimum Gasteiger partial charge on any atom is -0.333 e. The number of thiazole rings is 1. The maximum absolute atomic E-state index is 12.6. The van der Waals surface area contributed by atoms with Gasteiger partial charge in [-0.1, -0.05) is 70.4 Å². The minimum atomic E-state index is -0.198. The number of carbonyl (C=O) groups excluding carboxylic acids is 2. The van der Waals surface area contributed by atoms with Gasteiger partial charge in [0.15, 0.2) is 5.13 Å². The van der Waals surface area contributed by atoms with Gasteiger partial charge >= 0.3 is 0 Å². The molecular formula is C22H31N3O2S. The van der Waals surface area contributed by atoms with E-state index in [2.05, 4.69) is 31.1 Å². The molecule has 28 heavy (non-hydrogen) atoms. The molecule has 2 amide bonds. The van der Waals surface area contributed by atoms with Gasteiger partial charge in [-0.3, -0.25) is 9.59 Å². The molecule has 0 aliphatic rings. The molecule has 0 atom stereocenters. The highest BCUT2D eigenvalue weighted by Gasteiger charge is 2.19. The zero-order valence-electron chi connectivity index (χ0n) is 17.1. The normalized spacial score (nSPS) is 10.9. The van der Waals surface area contributed by atoms with Crippen LogP contribution in [0.1, 0.15) is 52.9 Å². The third-order valence-corrected chi connectivity index (χ3v) is 5.09. The molecule has 1 heterocycles. The highest BCUT2D eigenvalue weighted by molar-refractivity contribution is 7.14.